The van der Waals surface area contributed by atoms with Crippen LogP contribution >= 0.6 is 0 Å². The Morgan fingerprint density at radius 3 is 2.73 bits per heavy atom. The number of pyridine rings is 1. The lowest BCUT2D eigenvalue weighted by atomic mass is 9.95. The highest BCUT2D eigenvalue weighted by atomic mass is 19.3. The molecule has 140 valence electrons. The van der Waals surface area contributed by atoms with Gasteiger partial charge in [-0.05, 0) is 19.1 Å². The molecule has 1 atom stereocenters. The normalized spacial score (nSPS) is 19.6. The van der Waals surface area contributed by atoms with Crippen LogP contribution in [0.2, 0.25) is 0 Å². The zero-order valence-corrected chi connectivity index (χ0v) is 14.4. The van der Waals surface area contributed by atoms with Crippen LogP contribution in [0, 0.1) is 17.6 Å². The topological polar surface area (TPSA) is 42.4 Å². The molecule has 0 aliphatic carbocycles. The van der Waals surface area contributed by atoms with E-state index in [9.17, 15) is 22.4 Å². The van der Waals surface area contributed by atoms with Crippen molar-refractivity contribution in [3.63, 3.8) is 0 Å². The molecule has 0 bridgehead atoms. The fourth-order valence-electron chi connectivity index (χ4n) is 3.08. The van der Waals surface area contributed by atoms with Gasteiger partial charge in [-0.1, -0.05) is 6.92 Å². The van der Waals surface area contributed by atoms with Gasteiger partial charge in [-0.15, -0.1) is 0 Å². The molecule has 26 heavy (non-hydrogen) atoms. The molecule has 0 spiro atoms. The lowest BCUT2D eigenvalue weighted by molar-refractivity contribution is -0.0652. The van der Waals surface area contributed by atoms with Gasteiger partial charge in [0.05, 0.1) is 6.61 Å². The molecular formula is C18H18F4N2O2. The number of nitrogens with zero attached hydrogens (tertiary/aromatic N) is 2. The average molecular weight is 370 g/mol. The number of esters is 1. The number of hydrogen-bond acceptors (Lipinski definition) is 4. The number of aromatic nitrogens is 1. The lowest BCUT2D eigenvalue weighted by Crippen LogP contribution is -2.46. The third-order valence-corrected chi connectivity index (χ3v) is 4.54. The molecule has 3 rings (SSSR count). The highest BCUT2D eigenvalue weighted by molar-refractivity contribution is 5.99. The number of anilines is 1. The quantitative estimate of drug-likeness (QED) is 0.601. The predicted octanol–water partition coefficient (Wildman–Crippen LogP) is 4.17. The van der Waals surface area contributed by atoms with Crippen LogP contribution in [0.25, 0.3) is 10.9 Å². The molecule has 0 radical (unpaired) electrons. The largest absolute Gasteiger partial charge is 0.462 e. The summed E-state index contributed by atoms with van der Waals surface area (Å²) in [7, 11) is 0. The maximum atomic E-state index is 14.1. The van der Waals surface area contributed by atoms with Gasteiger partial charge in [-0.3, -0.25) is 0 Å². The van der Waals surface area contributed by atoms with Crippen LogP contribution in [0.15, 0.2) is 18.2 Å². The van der Waals surface area contributed by atoms with E-state index in [0.29, 0.717) is 6.07 Å². The van der Waals surface area contributed by atoms with Gasteiger partial charge in [0.25, 0.3) is 5.92 Å². The SMILES string of the molecule is CCOC(=O)c1cc2cc(F)cc(F)c2nc1N1CCC(F)(F)C(C)C1. The van der Waals surface area contributed by atoms with Crippen molar-refractivity contribution in [1.29, 1.82) is 0 Å². The summed E-state index contributed by atoms with van der Waals surface area (Å²) < 4.78 is 60.2. The molecule has 1 aliphatic rings. The van der Waals surface area contributed by atoms with E-state index in [0.717, 1.165) is 6.07 Å². The minimum absolute atomic E-state index is 0.00164. The number of fused-ring (bicyclic) bond motifs is 1. The van der Waals surface area contributed by atoms with Crippen molar-refractivity contribution < 1.29 is 27.1 Å². The Kier molecular flexibility index (Phi) is 4.77. The third kappa shape index (κ3) is 3.32. The van der Waals surface area contributed by atoms with Crippen molar-refractivity contribution in [2.45, 2.75) is 26.2 Å². The van der Waals surface area contributed by atoms with Gasteiger partial charge in [0, 0.05) is 36.9 Å². The van der Waals surface area contributed by atoms with Crippen LogP contribution in [0.1, 0.15) is 30.6 Å². The highest BCUT2D eigenvalue weighted by Gasteiger charge is 2.42. The van der Waals surface area contributed by atoms with Gasteiger partial charge in [0.1, 0.15) is 22.7 Å². The number of ether oxygens (including phenoxy) is 1. The Morgan fingerprint density at radius 2 is 2.08 bits per heavy atom. The number of carbonyl (C=O) groups is 1. The van der Waals surface area contributed by atoms with E-state index in [-0.39, 0.29) is 42.0 Å². The molecular weight excluding hydrogens is 352 g/mol. The number of benzene rings is 1. The summed E-state index contributed by atoms with van der Waals surface area (Å²) in [6.45, 7) is 3.05. The van der Waals surface area contributed by atoms with E-state index in [4.69, 9.17) is 4.74 Å². The molecule has 0 amide bonds. The smallest absolute Gasteiger partial charge is 0.341 e. The molecule has 2 heterocycles. The van der Waals surface area contributed by atoms with Crippen LogP contribution in [0.5, 0.6) is 0 Å². The van der Waals surface area contributed by atoms with Crippen LogP contribution in [0.4, 0.5) is 23.4 Å². The van der Waals surface area contributed by atoms with Crippen molar-refractivity contribution in [3.8, 4) is 0 Å². The summed E-state index contributed by atoms with van der Waals surface area (Å²) in [5, 5.41) is 0.102. The van der Waals surface area contributed by atoms with E-state index in [1.165, 1.54) is 17.9 Å². The van der Waals surface area contributed by atoms with Crippen LogP contribution in [-0.4, -0.2) is 36.6 Å². The molecule has 1 saturated heterocycles. The molecule has 0 N–H and O–H groups in total. The van der Waals surface area contributed by atoms with Gasteiger partial charge in [-0.25, -0.2) is 27.3 Å². The second-order valence-electron chi connectivity index (χ2n) is 6.40. The highest BCUT2D eigenvalue weighted by Crippen LogP contribution is 2.36. The molecule has 1 aromatic carbocycles. The molecule has 0 saturated carbocycles. The first-order chi connectivity index (χ1) is 12.2. The van der Waals surface area contributed by atoms with Crippen molar-refractivity contribution in [2.75, 3.05) is 24.6 Å². The van der Waals surface area contributed by atoms with E-state index in [2.05, 4.69) is 4.98 Å². The Balaban J connectivity index is 2.12. The van der Waals surface area contributed by atoms with Crippen LogP contribution in [0.3, 0.4) is 0 Å². The predicted molar refractivity (Wildman–Crippen MR) is 88.6 cm³/mol. The number of alkyl halides is 2. The Hall–Kier alpha value is -2.38. The maximum absolute atomic E-state index is 14.1. The summed E-state index contributed by atoms with van der Waals surface area (Å²) in [6.07, 6.45) is -0.401. The van der Waals surface area contributed by atoms with Crippen molar-refractivity contribution in [3.05, 3.63) is 35.4 Å². The zero-order valence-electron chi connectivity index (χ0n) is 14.4. The minimum Gasteiger partial charge on any atom is -0.462 e. The molecule has 1 aliphatic heterocycles. The second kappa shape index (κ2) is 6.74. The number of hydrogen-bond donors (Lipinski definition) is 0. The van der Waals surface area contributed by atoms with Gasteiger partial charge < -0.3 is 9.64 Å². The summed E-state index contributed by atoms with van der Waals surface area (Å²) in [4.78, 5) is 18.0. The Morgan fingerprint density at radius 1 is 1.35 bits per heavy atom. The molecule has 1 fully saturated rings. The van der Waals surface area contributed by atoms with E-state index >= 15 is 0 Å². The van der Waals surface area contributed by atoms with Crippen molar-refractivity contribution in [1.82, 2.24) is 4.98 Å². The molecule has 4 nitrogen and oxygen atoms in total. The van der Waals surface area contributed by atoms with Crippen molar-refractivity contribution in [2.24, 2.45) is 5.92 Å². The molecule has 1 unspecified atom stereocenters. The molecule has 8 heteroatoms. The van der Waals surface area contributed by atoms with Gasteiger partial charge in [-0.2, -0.15) is 0 Å². The first kappa shape index (κ1) is 18.4. The van der Waals surface area contributed by atoms with Crippen LogP contribution in [-0.2, 0) is 4.74 Å². The Labute approximate surface area is 147 Å². The van der Waals surface area contributed by atoms with Gasteiger partial charge in [0.2, 0.25) is 0 Å². The first-order valence-electron chi connectivity index (χ1n) is 8.32. The number of halogens is 4. The van der Waals surface area contributed by atoms with E-state index in [1.807, 2.05) is 0 Å². The fraction of sp³-hybridized carbons (Fsp3) is 0.444. The average Bonchev–Trinajstić information content (AvgIpc) is 2.56. The fourth-order valence-corrected chi connectivity index (χ4v) is 3.08. The van der Waals surface area contributed by atoms with Gasteiger partial charge in [0.15, 0.2) is 5.82 Å². The first-order valence-corrected chi connectivity index (χ1v) is 8.32. The second-order valence-corrected chi connectivity index (χ2v) is 6.40. The standard InChI is InChI=1S/C18H18F4N2O2/c1-3-26-17(25)13-7-11-6-12(19)8-14(20)15(11)23-16(13)24-5-4-18(21,22)10(2)9-24/h6-8,10H,3-5,9H2,1-2H3. The summed E-state index contributed by atoms with van der Waals surface area (Å²) in [5.74, 6) is -6.10. The molecule has 2 aromatic rings. The summed E-state index contributed by atoms with van der Waals surface area (Å²) >= 11 is 0. The van der Waals surface area contributed by atoms with E-state index < -0.39 is 35.9 Å². The van der Waals surface area contributed by atoms with E-state index in [1.54, 1.807) is 6.92 Å². The Bertz CT molecular complexity index is 857. The summed E-state index contributed by atoms with van der Waals surface area (Å²) in [5.41, 5.74) is -0.124. The zero-order chi connectivity index (χ0) is 19.1. The van der Waals surface area contributed by atoms with Gasteiger partial charge >= 0.3 is 5.97 Å². The van der Waals surface area contributed by atoms with Crippen molar-refractivity contribution >= 4 is 22.7 Å². The molecule has 1 aromatic heterocycles. The number of rotatable bonds is 3. The number of carbonyl (C=O) groups excluding carboxylic acids is 1. The monoisotopic (exact) mass is 370 g/mol. The minimum atomic E-state index is -2.81. The lowest BCUT2D eigenvalue weighted by Gasteiger charge is -2.37. The summed E-state index contributed by atoms with van der Waals surface area (Å²) in [6, 6.07) is 3.04. The van der Waals surface area contributed by atoms with Crippen LogP contribution < -0.4 is 4.90 Å². The number of piperidine rings is 1. The third-order valence-electron chi connectivity index (χ3n) is 4.54. The maximum Gasteiger partial charge on any atom is 0.341 e.